The summed E-state index contributed by atoms with van der Waals surface area (Å²) in [5, 5.41) is 9.56. The van der Waals surface area contributed by atoms with Gasteiger partial charge in [0.2, 0.25) is 0 Å². The van der Waals surface area contributed by atoms with Crippen molar-refractivity contribution >= 4 is 65.2 Å². The molecule has 8 nitrogen and oxygen atoms in total. The lowest BCUT2D eigenvalue weighted by Gasteiger charge is -2.40. The van der Waals surface area contributed by atoms with Crippen LogP contribution in [-0.4, -0.2) is 39.0 Å². The van der Waals surface area contributed by atoms with Crippen LogP contribution in [0.2, 0.25) is 0 Å². The van der Waals surface area contributed by atoms with Gasteiger partial charge >= 0.3 is 0 Å². The maximum atomic E-state index is 5.37. The van der Waals surface area contributed by atoms with Crippen LogP contribution < -0.4 is 0 Å². The molecule has 16 aromatic carbocycles. The van der Waals surface area contributed by atoms with E-state index in [0.717, 1.165) is 94.4 Å². The van der Waals surface area contributed by atoms with Crippen LogP contribution in [0.4, 0.5) is 0 Å². The van der Waals surface area contributed by atoms with Crippen molar-refractivity contribution in [2.45, 2.75) is 5.41 Å². The lowest BCUT2D eigenvalue weighted by atomic mass is 9.65. The summed E-state index contributed by atoms with van der Waals surface area (Å²) >= 11 is 0. The molecule has 496 valence electrons. The monoisotopic (exact) mass is 1360 g/mol. The van der Waals surface area contributed by atoms with Crippen molar-refractivity contribution in [3.8, 4) is 124 Å². The van der Waals surface area contributed by atoms with Crippen LogP contribution in [0.15, 0.2) is 364 Å². The summed E-state index contributed by atoms with van der Waals surface area (Å²) in [4.78, 5) is 31.7. The fourth-order valence-corrected chi connectivity index (χ4v) is 17.5. The number of hydrogen-bond acceptors (Lipinski definition) is 6. The lowest BCUT2D eigenvalue weighted by Crippen LogP contribution is -2.33. The first kappa shape index (κ1) is 60.3. The van der Waals surface area contributed by atoms with Crippen molar-refractivity contribution in [3.05, 3.63) is 386 Å². The van der Waals surface area contributed by atoms with E-state index in [0.29, 0.717) is 34.9 Å². The molecule has 0 radical (unpaired) electrons. The van der Waals surface area contributed by atoms with Gasteiger partial charge in [0.15, 0.2) is 34.9 Å². The van der Waals surface area contributed by atoms with Crippen molar-refractivity contribution < 1.29 is 0 Å². The van der Waals surface area contributed by atoms with Crippen molar-refractivity contribution in [1.82, 2.24) is 39.0 Å². The summed E-state index contributed by atoms with van der Waals surface area (Å²) in [7, 11) is 0. The first-order chi connectivity index (χ1) is 53.0. The highest BCUT2D eigenvalue weighted by molar-refractivity contribution is 6.19. The van der Waals surface area contributed by atoms with Crippen LogP contribution in [0.5, 0.6) is 0 Å². The second-order valence-electron chi connectivity index (χ2n) is 28.0. The van der Waals surface area contributed by atoms with Gasteiger partial charge in [0.25, 0.3) is 0 Å². The molecule has 8 heteroatoms. The zero-order valence-electron chi connectivity index (χ0n) is 57.7. The molecule has 1 spiro atoms. The summed E-state index contributed by atoms with van der Waals surface area (Å²) in [6.07, 6.45) is 0. The van der Waals surface area contributed by atoms with Gasteiger partial charge in [-0.2, -0.15) is 0 Å². The first-order valence-electron chi connectivity index (χ1n) is 36.4. The molecular weight excluding hydrogens is 1300 g/mol. The molecule has 20 aromatic rings. The number of fused-ring (bicyclic) bond motifs is 18. The Morgan fingerprint density at radius 3 is 1.34 bits per heavy atom. The van der Waals surface area contributed by atoms with E-state index in [1.165, 1.54) is 82.2 Å². The van der Waals surface area contributed by atoms with Crippen LogP contribution in [0.25, 0.3) is 189 Å². The van der Waals surface area contributed by atoms with E-state index in [9.17, 15) is 0 Å². The standard InChI is InChI=1S/C99H60N8/c1-4-25-64(26-5-1)93-100-96(103-97(102-93)72-33-20-31-68(57-72)69-32-21-34-73(58-69)106-87-43-18-15-39-79(87)81-54-49-63-24-11-13-36-75(63)91(81)106)67-47-45-61(46-48-67)70-52-56-84-89(60-70)107-88-44-19-16-38-78(88)80-40-22-42-85(92(80)107)99(84)83-41-17-14-37-76(83)77-53-51-71(59-86(77)99)90-74-35-12-10-23-62(74)50-55-82(90)98-104-94(65-27-6-2-7-28-65)101-95(105-98)66-29-8-3-9-30-66/h1-60H. The molecule has 2 aliphatic rings. The minimum Gasteiger partial charge on any atom is -0.309 e. The Morgan fingerprint density at radius 1 is 0.206 bits per heavy atom. The minimum absolute atomic E-state index is 0.590. The van der Waals surface area contributed by atoms with Crippen LogP contribution in [-0.2, 0) is 5.41 Å². The Bertz CT molecular complexity index is 7000. The van der Waals surface area contributed by atoms with Gasteiger partial charge in [-0.15, -0.1) is 0 Å². The molecule has 0 saturated heterocycles. The molecule has 0 N–H and O–H groups in total. The van der Waals surface area contributed by atoms with Crippen molar-refractivity contribution in [3.63, 3.8) is 0 Å². The van der Waals surface area contributed by atoms with Gasteiger partial charge in [0.1, 0.15) is 0 Å². The Kier molecular flexibility index (Phi) is 13.4. The number of nitrogens with zero attached hydrogens (tertiary/aromatic N) is 8. The Morgan fingerprint density at radius 2 is 0.645 bits per heavy atom. The second-order valence-corrected chi connectivity index (χ2v) is 28.0. The third-order valence-electron chi connectivity index (χ3n) is 22.2. The minimum atomic E-state index is -0.748. The molecule has 1 aliphatic carbocycles. The van der Waals surface area contributed by atoms with Gasteiger partial charge in [-0.25, -0.2) is 29.9 Å². The third kappa shape index (κ3) is 9.35. The molecule has 22 rings (SSSR count). The topological polar surface area (TPSA) is 87.2 Å². The fourth-order valence-electron chi connectivity index (χ4n) is 17.5. The Balaban J connectivity index is 0.678. The molecule has 1 atom stereocenters. The first-order valence-corrected chi connectivity index (χ1v) is 36.4. The third-order valence-corrected chi connectivity index (χ3v) is 22.2. The quantitative estimate of drug-likeness (QED) is 0.136. The van der Waals surface area contributed by atoms with Gasteiger partial charge in [0.05, 0.1) is 33.2 Å². The van der Waals surface area contributed by atoms with Crippen molar-refractivity contribution in [2.24, 2.45) is 0 Å². The van der Waals surface area contributed by atoms with E-state index in [4.69, 9.17) is 29.9 Å². The zero-order valence-corrected chi connectivity index (χ0v) is 57.7. The lowest BCUT2D eigenvalue weighted by molar-refractivity contribution is 0.749. The van der Waals surface area contributed by atoms with Crippen molar-refractivity contribution in [2.75, 3.05) is 0 Å². The van der Waals surface area contributed by atoms with E-state index < -0.39 is 5.41 Å². The van der Waals surface area contributed by atoms with E-state index in [1.54, 1.807) is 0 Å². The molecule has 1 aliphatic heterocycles. The van der Waals surface area contributed by atoms with E-state index in [2.05, 4.69) is 319 Å². The van der Waals surface area contributed by atoms with Gasteiger partial charge in [-0.1, -0.05) is 315 Å². The molecule has 5 heterocycles. The van der Waals surface area contributed by atoms with Crippen molar-refractivity contribution in [1.29, 1.82) is 0 Å². The zero-order chi connectivity index (χ0) is 70.3. The molecule has 1 unspecified atom stereocenters. The van der Waals surface area contributed by atoms with Crippen LogP contribution >= 0.6 is 0 Å². The van der Waals surface area contributed by atoms with Gasteiger partial charge in [0, 0.05) is 71.6 Å². The summed E-state index contributed by atoms with van der Waals surface area (Å²) in [5.41, 5.74) is 25.5. The Hall–Kier alpha value is -14.3. The predicted octanol–water partition coefficient (Wildman–Crippen LogP) is 24.2. The number of aromatic nitrogens is 8. The normalized spacial score (nSPS) is 13.5. The largest absolute Gasteiger partial charge is 0.309 e. The Labute approximate surface area is 616 Å². The van der Waals surface area contributed by atoms with Crippen LogP contribution in [0, 0.1) is 0 Å². The highest BCUT2D eigenvalue weighted by Crippen LogP contribution is 2.62. The smallest absolute Gasteiger partial charge is 0.164 e. The van der Waals surface area contributed by atoms with E-state index in [1.807, 2.05) is 54.6 Å². The summed E-state index contributed by atoms with van der Waals surface area (Å²) < 4.78 is 4.96. The fraction of sp³-hybridized carbons (Fsp3) is 0.0101. The number of rotatable bonds is 10. The van der Waals surface area contributed by atoms with Gasteiger partial charge < -0.3 is 9.13 Å². The average Bonchev–Trinajstić information content (AvgIpc) is 1.51. The number of para-hydroxylation sites is 3. The number of hydrogen-bond donors (Lipinski definition) is 0. The average molecular weight is 1360 g/mol. The maximum Gasteiger partial charge on any atom is 0.164 e. The van der Waals surface area contributed by atoms with E-state index >= 15 is 0 Å². The van der Waals surface area contributed by atoms with Gasteiger partial charge in [-0.3, -0.25) is 0 Å². The maximum absolute atomic E-state index is 5.37. The SMILES string of the molecule is c1ccc(-c2nc(-c3ccc(-c4ccc5c(c4)-n4c6ccccc6c6cccc(c64)C54c5ccccc5-c5ccc(-c6c(-c7nc(-c8ccccc8)nc(-c8ccccc8)n7)ccc7ccccc67)cc54)cc3)nc(-c3cccc(-c4cccc(-n5c6ccccc6c6ccc7ccccc7c65)c4)c3)n2)cc1. The summed E-state index contributed by atoms with van der Waals surface area (Å²) in [6.45, 7) is 0. The summed E-state index contributed by atoms with van der Waals surface area (Å²) in [6, 6.07) is 131. The molecule has 0 amide bonds. The molecular formula is C99H60N8. The second kappa shape index (κ2) is 23.9. The number of benzene rings is 16. The predicted molar refractivity (Wildman–Crippen MR) is 437 cm³/mol. The summed E-state index contributed by atoms with van der Waals surface area (Å²) in [5.74, 6) is 3.63. The van der Waals surface area contributed by atoms with Gasteiger partial charge in [-0.05, 0) is 126 Å². The molecule has 0 saturated carbocycles. The molecule has 107 heavy (non-hydrogen) atoms. The molecule has 0 bridgehead atoms. The highest BCUT2D eigenvalue weighted by Gasteiger charge is 2.51. The molecule has 0 fully saturated rings. The van der Waals surface area contributed by atoms with Crippen LogP contribution in [0.1, 0.15) is 22.3 Å². The highest BCUT2D eigenvalue weighted by atomic mass is 15.1. The van der Waals surface area contributed by atoms with E-state index in [-0.39, 0.29) is 0 Å². The molecule has 4 aromatic heterocycles. The van der Waals surface area contributed by atoms with Crippen LogP contribution in [0.3, 0.4) is 0 Å².